The molecule has 1 heterocycles. The minimum Gasteiger partial charge on any atom is -0.462 e. The van der Waals surface area contributed by atoms with Crippen LogP contribution in [-0.2, 0) is 28.5 Å². The van der Waals surface area contributed by atoms with Gasteiger partial charge in [-0.1, -0.05) is 146 Å². The third kappa shape index (κ3) is 29.5. The molecular weight excluding hydrogens is 725 g/mol. The molecule has 1 fully saturated rings. The summed E-state index contributed by atoms with van der Waals surface area (Å²) in [6.45, 7) is 3.29. The van der Waals surface area contributed by atoms with E-state index in [2.05, 4.69) is 62.5 Å². The van der Waals surface area contributed by atoms with E-state index in [1.165, 1.54) is 64.2 Å². The first-order valence-electron chi connectivity index (χ1n) is 22.7. The standard InChI is InChI=1S/C47H82O10/c1-3-5-7-9-11-13-15-17-19-20-22-24-26-28-30-32-34-36-43(50)56-40(39-55-47-46(53)45(52)44(51)41(37-48)57-47)38-54-42(49)35-33-31-29-27-25-23-21-18-16-14-12-10-8-6-4-2/h5,7,11,13,17-19,21,40-41,44-48,51-53H,3-4,6,8-10,12,14-16,20,22-39H2,1-2H3/b7-5-,13-11-,19-17-,21-18-. The van der Waals surface area contributed by atoms with Crippen LogP contribution in [0, 0.1) is 0 Å². The Morgan fingerprint density at radius 3 is 1.58 bits per heavy atom. The molecule has 0 amide bonds. The molecule has 1 saturated heterocycles. The predicted octanol–water partition coefficient (Wildman–Crippen LogP) is 9.67. The lowest BCUT2D eigenvalue weighted by molar-refractivity contribution is -0.305. The van der Waals surface area contributed by atoms with Crippen LogP contribution >= 0.6 is 0 Å². The number of unbranched alkanes of at least 4 members (excludes halogenated alkanes) is 18. The number of hydrogen-bond acceptors (Lipinski definition) is 10. The normalized spacial score (nSPS) is 20.7. The van der Waals surface area contributed by atoms with Crippen molar-refractivity contribution in [1.82, 2.24) is 0 Å². The Hall–Kier alpha value is -2.34. The van der Waals surface area contributed by atoms with Gasteiger partial charge in [-0.25, -0.2) is 0 Å². The van der Waals surface area contributed by atoms with Gasteiger partial charge in [0.05, 0.1) is 13.2 Å². The van der Waals surface area contributed by atoms with E-state index in [9.17, 15) is 30.0 Å². The summed E-state index contributed by atoms with van der Waals surface area (Å²) in [6, 6.07) is 0. The molecule has 0 saturated carbocycles. The first-order valence-corrected chi connectivity index (χ1v) is 22.7. The molecule has 0 aliphatic carbocycles. The Morgan fingerprint density at radius 1 is 0.561 bits per heavy atom. The van der Waals surface area contributed by atoms with Gasteiger partial charge in [0.1, 0.15) is 31.0 Å². The molecule has 330 valence electrons. The van der Waals surface area contributed by atoms with Gasteiger partial charge < -0.3 is 39.4 Å². The molecule has 10 heteroatoms. The lowest BCUT2D eigenvalue weighted by Crippen LogP contribution is -2.59. The van der Waals surface area contributed by atoms with E-state index in [-0.39, 0.29) is 32.0 Å². The number of allylic oxidation sites excluding steroid dienone is 8. The maximum Gasteiger partial charge on any atom is 0.306 e. The van der Waals surface area contributed by atoms with Crippen LogP contribution in [0.15, 0.2) is 48.6 Å². The second-order valence-corrected chi connectivity index (χ2v) is 15.5. The number of aliphatic hydroxyl groups excluding tert-OH is 4. The van der Waals surface area contributed by atoms with Crippen LogP contribution in [0.2, 0.25) is 0 Å². The van der Waals surface area contributed by atoms with Crippen molar-refractivity contribution < 1.29 is 49.0 Å². The molecule has 1 aliphatic rings. The van der Waals surface area contributed by atoms with Gasteiger partial charge in [0.2, 0.25) is 0 Å². The van der Waals surface area contributed by atoms with E-state index in [0.29, 0.717) is 12.8 Å². The molecule has 0 aromatic carbocycles. The fourth-order valence-electron chi connectivity index (χ4n) is 6.61. The summed E-state index contributed by atoms with van der Waals surface area (Å²) in [5.41, 5.74) is 0. The van der Waals surface area contributed by atoms with E-state index < -0.39 is 49.4 Å². The molecule has 0 spiro atoms. The Bertz CT molecular complexity index is 1070. The highest BCUT2D eigenvalue weighted by atomic mass is 16.7. The number of ether oxygens (including phenoxy) is 4. The smallest absolute Gasteiger partial charge is 0.306 e. The van der Waals surface area contributed by atoms with E-state index in [0.717, 1.165) is 77.0 Å². The third-order valence-corrected chi connectivity index (χ3v) is 10.2. The molecule has 1 rings (SSSR count). The number of hydrogen-bond donors (Lipinski definition) is 4. The number of rotatable bonds is 37. The van der Waals surface area contributed by atoms with Crippen molar-refractivity contribution in [3.63, 3.8) is 0 Å². The molecule has 1 aliphatic heterocycles. The number of aliphatic hydroxyl groups is 4. The molecule has 10 nitrogen and oxygen atoms in total. The monoisotopic (exact) mass is 807 g/mol. The number of carbonyl (C=O) groups is 2. The molecule has 0 aromatic rings. The van der Waals surface area contributed by atoms with Crippen molar-refractivity contribution in [3.05, 3.63) is 48.6 Å². The maximum absolute atomic E-state index is 12.8. The molecule has 6 unspecified atom stereocenters. The van der Waals surface area contributed by atoms with Crippen molar-refractivity contribution in [2.75, 3.05) is 19.8 Å². The highest BCUT2D eigenvalue weighted by Crippen LogP contribution is 2.22. The average Bonchev–Trinajstić information content (AvgIpc) is 3.21. The van der Waals surface area contributed by atoms with Crippen LogP contribution < -0.4 is 0 Å². The van der Waals surface area contributed by atoms with Crippen molar-refractivity contribution in [2.45, 2.75) is 218 Å². The lowest BCUT2D eigenvalue weighted by Gasteiger charge is -2.39. The first-order chi connectivity index (χ1) is 27.8. The van der Waals surface area contributed by atoms with Crippen molar-refractivity contribution in [1.29, 1.82) is 0 Å². The average molecular weight is 807 g/mol. The van der Waals surface area contributed by atoms with Crippen molar-refractivity contribution in [3.8, 4) is 0 Å². The topological polar surface area (TPSA) is 152 Å². The van der Waals surface area contributed by atoms with Gasteiger partial charge in [-0.05, 0) is 70.6 Å². The third-order valence-electron chi connectivity index (χ3n) is 10.2. The minimum absolute atomic E-state index is 0.216. The fourth-order valence-corrected chi connectivity index (χ4v) is 6.61. The summed E-state index contributed by atoms with van der Waals surface area (Å²) in [6.07, 6.45) is 36.8. The summed E-state index contributed by atoms with van der Waals surface area (Å²) in [7, 11) is 0. The fraction of sp³-hybridized carbons (Fsp3) is 0.787. The van der Waals surface area contributed by atoms with Gasteiger partial charge in [0.15, 0.2) is 12.4 Å². The molecular formula is C47H82O10. The first kappa shape index (κ1) is 52.7. The minimum atomic E-state index is -1.60. The van der Waals surface area contributed by atoms with Crippen LogP contribution in [0.3, 0.4) is 0 Å². The van der Waals surface area contributed by atoms with Crippen molar-refractivity contribution in [2.24, 2.45) is 0 Å². The molecule has 0 bridgehead atoms. The van der Waals surface area contributed by atoms with Gasteiger partial charge >= 0.3 is 11.9 Å². The largest absolute Gasteiger partial charge is 0.462 e. The highest BCUT2D eigenvalue weighted by molar-refractivity contribution is 5.70. The van der Waals surface area contributed by atoms with Gasteiger partial charge in [0.25, 0.3) is 0 Å². The molecule has 4 N–H and O–H groups in total. The quantitative estimate of drug-likeness (QED) is 0.0271. The second kappa shape index (κ2) is 37.9. The van der Waals surface area contributed by atoms with Gasteiger partial charge in [-0.3, -0.25) is 9.59 Å². The summed E-state index contributed by atoms with van der Waals surface area (Å²) >= 11 is 0. The van der Waals surface area contributed by atoms with Crippen LogP contribution in [0.25, 0.3) is 0 Å². The maximum atomic E-state index is 12.8. The Morgan fingerprint density at radius 2 is 1.04 bits per heavy atom. The molecule has 6 atom stereocenters. The van der Waals surface area contributed by atoms with Crippen LogP contribution in [0.5, 0.6) is 0 Å². The summed E-state index contributed by atoms with van der Waals surface area (Å²) in [4.78, 5) is 25.3. The van der Waals surface area contributed by atoms with E-state index in [1.807, 2.05) is 0 Å². The zero-order chi connectivity index (χ0) is 41.6. The number of esters is 2. The SMILES string of the molecule is CC/C=C\C/C=C\C/C=C\CCCCCCCCCC(=O)OC(COC(=O)CCCCCCC/C=C\CCCCCCCC)COC1OC(CO)C(O)C(O)C1O. The molecule has 0 radical (unpaired) electrons. The van der Waals surface area contributed by atoms with E-state index in [4.69, 9.17) is 18.9 Å². The van der Waals surface area contributed by atoms with Gasteiger partial charge in [0, 0.05) is 12.8 Å². The highest BCUT2D eigenvalue weighted by Gasteiger charge is 2.44. The molecule has 0 aromatic heterocycles. The van der Waals surface area contributed by atoms with Gasteiger partial charge in [-0.2, -0.15) is 0 Å². The summed E-state index contributed by atoms with van der Waals surface area (Å²) in [5, 5.41) is 40.1. The van der Waals surface area contributed by atoms with Gasteiger partial charge in [-0.15, -0.1) is 0 Å². The van der Waals surface area contributed by atoms with E-state index >= 15 is 0 Å². The van der Waals surface area contributed by atoms with Crippen molar-refractivity contribution >= 4 is 11.9 Å². The number of carbonyl (C=O) groups excluding carboxylic acids is 2. The second-order valence-electron chi connectivity index (χ2n) is 15.5. The Balaban J connectivity index is 2.34. The van der Waals surface area contributed by atoms with E-state index in [1.54, 1.807) is 0 Å². The predicted molar refractivity (Wildman–Crippen MR) is 229 cm³/mol. The Kier molecular flexibility index (Phi) is 35.0. The Labute approximate surface area is 346 Å². The zero-order valence-corrected chi connectivity index (χ0v) is 35.8. The van der Waals surface area contributed by atoms with Crippen LogP contribution in [0.1, 0.15) is 181 Å². The van der Waals surface area contributed by atoms with Crippen LogP contribution in [0.4, 0.5) is 0 Å². The summed E-state index contributed by atoms with van der Waals surface area (Å²) in [5.74, 6) is -0.828. The van der Waals surface area contributed by atoms with Crippen LogP contribution in [-0.4, -0.2) is 89.0 Å². The zero-order valence-electron chi connectivity index (χ0n) is 35.8. The molecule has 57 heavy (non-hydrogen) atoms. The lowest BCUT2D eigenvalue weighted by atomic mass is 9.99. The summed E-state index contributed by atoms with van der Waals surface area (Å²) < 4.78 is 22.1.